The van der Waals surface area contributed by atoms with Crippen molar-refractivity contribution in [2.24, 2.45) is 5.41 Å². The summed E-state index contributed by atoms with van der Waals surface area (Å²) in [5.74, 6) is 1.35. The van der Waals surface area contributed by atoms with E-state index in [2.05, 4.69) is 26.1 Å². The second-order valence-electron chi connectivity index (χ2n) is 16.7. The molecule has 11 nitrogen and oxygen atoms in total. The third kappa shape index (κ3) is 7.34. The number of pyridine rings is 1. The second-order valence-corrected chi connectivity index (χ2v) is 16.7. The molecule has 2 aliphatic heterocycles. The second kappa shape index (κ2) is 14.4. The maximum Gasteiger partial charge on any atom is 0.408 e. The van der Waals surface area contributed by atoms with Crippen LogP contribution in [0.1, 0.15) is 77.7 Å². The molecule has 2 aromatic carbocycles. The van der Waals surface area contributed by atoms with Gasteiger partial charge in [0.2, 0.25) is 0 Å². The lowest BCUT2D eigenvalue weighted by atomic mass is 9.75. The Labute approximate surface area is 319 Å². The first kappa shape index (κ1) is 37.1. The maximum absolute atomic E-state index is 17.0. The molecule has 2 atom stereocenters. The van der Waals surface area contributed by atoms with Crippen LogP contribution in [0.25, 0.3) is 32.9 Å². The van der Waals surface area contributed by atoms with Gasteiger partial charge in [0.25, 0.3) is 0 Å². The molecule has 2 saturated heterocycles. The Morgan fingerprint density at radius 2 is 1.91 bits per heavy atom. The van der Waals surface area contributed by atoms with E-state index >= 15 is 4.39 Å². The fraction of sp³-hybridized carbons (Fsp3) is 0.524. The van der Waals surface area contributed by atoms with E-state index in [4.69, 9.17) is 25.6 Å². The van der Waals surface area contributed by atoms with Crippen molar-refractivity contribution in [3.8, 4) is 35.4 Å². The van der Waals surface area contributed by atoms with Gasteiger partial charge in [0, 0.05) is 54.8 Å². The minimum Gasteiger partial charge on any atom is -0.508 e. The lowest BCUT2D eigenvalue weighted by molar-refractivity contribution is -0.00759. The Bertz CT molecular complexity index is 2170. The normalized spacial score (nSPS) is 22.5. The predicted octanol–water partition coefficient (Wildman–Crippen LogP) is 7.11. The zero-order valence-corrected chi connectivity index (χ0v) is 31.7. The highest BCUT2D eigenvalue weighted by atomic mass is 19.1. The number of nitrogens with one attached hydrogen (secondary N) is 1. The molecule has 8 rings (SSSR count). The average Bonchev–Trinajstić information content (AvgIpc) is 3.83. The number of benzene rings is 2. The molecule has 4 fully saturated rings. The topological polar surface area (TPSA) is 122 Å². The van der Waals surface area contributed by atoms with E-state index in [0.29, 0.717) is 49.5 Å². The number of hydrogen-bond acceptors (Lipinski definition) is 10. The molecule has 4 heterocycles. The highest BCUT2D eigenvalue weighted by Gasteiger charge is 2.53. The van der Waals surface area contributed by atoms with Crippen LogP contribution in [0.3, 0.4) is 0 Å². The molecule has 0 radical (unpaired) electrons. The molecule has 290 valence electrons. The summed E-state index contributed by atoms with van der Waals surface area (Å²) >= 11 is 0. The summed E-state index contributed by atoms with van der Waals surface area (Å²) in [4.78, 5) is 31.4. The van der Waals surface area contributed by atoms with Gasteiger partial charge in [-0.3, -0.25) is 9.88 Å². The Balaban J connectivity index is 1.13. The fourth-order valence-corrected chi connectivity index (χ4v) is 9.02. The number of terminal acetylenes is 1. The Hall–Kier alpha value is -4.80. The van der Waals surface area contributed by atoms with E-state index in [9.17, 15) is 14.3 Å². The lowest BCUT2D eigenvalue weighted by Crippen LogP contribution is -2.56. The zero-order valence-electron chi connectivity index (χ0n) is 31.7. The number of ether oxygens (including phenoxy) is 3. The number of hydrogen-bond donors (Lipinski definition) is 2. The first-order valence-corrected chi connectivity index (χ1v) is 19.4. The fourth-order valence-electron chi connectivity index (χ4n) is 9.02. The predicted molar refractivity (Wildman–Crippen MR) is 205 cm³/mol. The van der Waals surface area contributed by atoms with Crippen molar-refractivity contribution in [1.82, 2.24) is 25.2 Å². The molecule has 55 heavy (non-hydrogen) atoms. The molecule has 0 spiro atoms. The van der Waals surface area contributed by atoms with Crippen LogP contribution in [0.4, 0.5) is 19.4 Å². The number of amides is 1. The van der Waals surface area contributed by atoms with E-state index in [-0.39, 0.29) is 62.6 Å². The molecule has 2 N–H and O–H groups in total. The molecule has 2 aliphatic carbocycles. The van der Waals surface area contributed by atoms with Crippen molar-refractivity contribution in [3.05, 3.63) is 47.7 Å². The van der Waals surface area contributed by atoms with Gasteiger partial charge in [-0.25, -0.2) is 13.6 Å². The summed E-state index contributed by atoms with van der Waals surface area (Å²) in [5.41, 5.74) is -1.05. The average molecular weight is 755 g/mol. The standard InChI is InChI=1S/C42H48F2N6O5/c1-5-28-31(43)11-10-26-21-27(51)22-29(33(26)28)35-34(44)36-30(23-45-35)37(49-17-8-19-53-20-18-49)47-38(46-36)54-25-41-12-6-9-32(41)50(16-7-13-41)24-42(14-15-42)48-39(52)55-40(2,3)4/h1,10-11,21-23,32,51H,6-9,12-20,24-25H2,2-4H3,(H,48,52)/t32-,41-/m1/s1. The van der Waals surface area contributed by atoms with Crippen LogP contribution in [-0.2, 0) is 9.47 Å². The number of aromatic hydroxyl groups is 1. The number of piperidine rings is 1. The van der Waals surface area contributed by atoms with Crippen LogP contribution in [0.2, 0.25) is 0 Å². The number of nitrogens with zero attached hydrogens (tertiary/aromatic N) is 5. The summed E-state index contributed by atoms with van der Waals surface area (Å²) in [6.07, 6.45) is 14.5. The number of carbonyl (C=O) groups excluding carboxylic acids is 1. The number of halogens is 2. The third-order valence-corrected chi connectivity index (χ3v) is 11.7. The Morgan fingerprint density at radius 3 is 2.69 bits per heavy atom. The van der Waals surface area contributed by atoms with Crippen LogP contribution in [0.15, 0.2) is 30.5 Å². The van der Waals surface area contributed by atoms with Gasteiger partial charge in [-0.05, 0) is 95.8 Å². The molecule has 4 aliphatic rings. The zero-order chi connectivity index (χ0) is 38.5. The molecule has 0 bridgehead atoms. The van der Waals surface area contributed by atoms with Crippen molar-refractivity contribution in [3.63, 3.8) is 0 Å². The number of fused-ring (bicyclic) bond motifs is 3. The monoisotopic (exact) mass is 754 g/mol. The number of likely N-dealkylation sites (tertiary alicyclic amines) is 1. The lowest BCUT2D eigenvalue weighted by Gasteiger charge is -2.47. The van der Waals surface area contributed by atoms with Crippen LogP contribution in [0, 0.1) is 29.4 Å². The Kier molecular flexibility index (Phi) is 9.70. The number of rotatable bonds is 8. The summed E-state index contributed by atoms with van der Waals surface area (Å²) in [6, 6.07) is 5.82. The van der Waals surface area contributed by atoms with Crippen molar-refractivity contribution in [1.29, 1.82) is 0 Å². The molecule has 0 unspecified atom stereocenters. The highest BCUT2D eigenvalue weighted by Crippen LogP contribution is 2.50. The van der Waals surface area contributed by atoms with E-state index in [1.54, 1.807) is 0 Å². The molecule has 2 aromatic heterocycles. The molecular weight excluding hydrogens is 706 g/mol. The van der Waals surface area contributed by atoms with E-state index in [1.807, 2.05) is 25.7 Å². The molecular formula is C42H48F2N6O5. The van der Waals surface area contributed by atoms with Gasteiger partial charge in [-0.15, -0.1) is 6.42 Å². The van der Waals surface area contributed by atoms with Gasteiger partial charge in [-0.2, -0.15) is 9.97 Å². The number of anilines is 1. The number of phenols is 1. The van der Waals surface area contributed by atoms with Crippen LogP contribution in [0.5, 0.6) is 11.8 Å². The van der Waals surface area contributed by atoms with Crippen LogP contribution < -0.4 is 15.0 Å². The largest absolute Gasteiger partial charge is 0.508 e. The summed E-state index contributed by atoms with van der Waals surface area (Å²) < 4.78 is 49.9. The minimum atomic E-state index is -0.760. The quantitative estimate of drug-likeness (QED) is 0.180. The van der Waals surface area contributed by atoms with E-state index in [0.717, 1.165) is 64.5 Å². The van der Waals surface area contributed by atoms with Crippen molar-refractivity contribution in [2.45, 2.75) is 89.3 Å². The van der Waals surface area contributed by atoms with Crippen molar-refractivity contribution >= 4 is 33.6 Å². The van der Waals surface area contributed by atoms with Crippen LogP contribution in [-0.4, -0.2) is 94.2 Å². The number of carbonyl (C=O) groups is 1. The smallest absolute Gasteiger partial charge is 0.408 e. The molecule has 4 aromatic rings. The summed E-state index contributed by atoms with van der Waals surface area (Å²) in [7, 11) is 0. The van der Waals surface area contributed by atoms with Crippen molar-refractivity contribution in [2.75, 3.05) is 50.9 Å². The van der Waals surface area contributed by atoms with Crippen molar-refractivity contribution < 1.29 is 32.9 Å². The highest BCUT2D eigenvalue weighted by molar-refractivity contribution is 6.03. The van der Waals surface area contributed by atoms with Gasteiger partial charge in [0.05, 0.1) is 29.7 Å². The number of alkyl carbamates (subject to hydrolysis) is 1. The first-order valence-electron chi connectivity index (χ1n) is 19.4. The number of phenolic OH excluding ortho intramolecular Hbond substituents is 1. The third-order valence-electron chi connectivity index (χ3n) is 11.7. The summed E-state index contributed by atoms with van der Waals surface area (Å²) in [5, 5.41) is 14.9. The van der Waals surface area contributed by atoms with Gasteiger partial charge in [0.1, 0.15) is 34.2 Å². The first-order chi connectivity index (χ1) is 26.4. The van der Waals surface area contributed by atoms with Crippen LogP contribution >= 0.6 is 0 Å². The number of aromatic nitrogens is 3. The van der Waals surface area contributed by atoms with Gasteiger partial charge < -0.3 is 29.5 Å². The Morgan fingerprint density at radius 1 is 1.09 bits per heavy atom. The minimum absolute atomic E-state index is 0.0000426. The SMILES string of the molecule is C#Cc1c(F)ccc2cc(O)cc(-c3ncc4c(N5CCCOCC5)nc(OC[C@]56CCC[C@H]5N(CC5(NC(=O)OC(C)(C)C)CC5)CCC6)nc4c3F)c12. The van der Waals surface area contributed by atoms with Gasteiger partial charge in [0.15, 0.2) is 5.82 Å². The van der Waals surface area contributed by atoms with E-state index in [1.165, 1.54) is 30.5 Å². The van der Waals surface area contributed by atoms with E-state index < -0.39 is 17.2 Å². The van der Waals surface area contributed by atoms with Gasteiger partial charge in [-0.1, -0.05) is 18.4 Å². The summed E-state index contributed by atoms with van der Waals surface area (Å²) in [6.45, 7) is 9.91. The van der Waals surface area contributed by atoms with Gasteiger partial charge >= 0.3 is 12.1 Å². The maximum atomic E-state index is 17.0. The molecule has 2 saturated carbocycles. The molecule has 1 amide bonds. The molecule has 13 heteroatoms.